The second kappa shape index (κ2) is 5.20. The second-order valence-electron chi connectivity index (χ2n) is 9.20. The van der Waals surface area contributed by atoms with E-state index < -0.39 is 0 Å². The van der Waals surface area contributed by atoms with E-state index in [9.17, 15) is 10.2 Å². The third kappa shape index (κ3) is 2.14. The van der Waals surface area contributed by atoms with Crippen molar-refractivity contribution in [3.63, 3.8) is 0 Å². The van der Waals surface area contributed by atoms with Gasteiger partial charge in [-0.2, -0.15) is 0 Å². The van der Waals surface area contributed by atoms with E-state index in [1.807, 2.05) is 6.92 Å². The van der Waals surface area contributed by atoms with Gasteiger partial charge >= 0.3 is 0 Å². The lowest BCUT2D eigenvalue weighted by atomic mass is 9.51. The molecule has 4 aliphatic carbocycles. The van der Waals surface area contributed by atoms with E-state index in [2.05, 4.69) is 26.0 Å². The first-order valence-corrected chi connectivity index (χ1v) is 9.62. The minimum absolute atomic E-state index is 0.133. The number of aliphatic hydroxyl groups excluding tert-OH is 2. The van der Waals surface area contributed by atoms with Crippen molar-refractivity contribution in [3.8, 4) is 0 Å². The molecule has 4 rings (SSSR count). The maximum atomic E-state index is 10.3. The summed E-state index contributed by atoms with van der Waals surface area (Å²) >= 11 is 0. The summed E-state index contributed by atoms with van der Waals surface area (Å²) in [5.41, 5.74) is 3.65. The molecule has 0 saturated heterocycles. The Kier molecular flexibility index (Phi) is 3.59. The minimum atomic E-state index is -0.185. The lowest BCUT2D eigenvalue weighted by Gasteiger charge is -2.53. The lowest BCUT2D eigenvalue weighted by Crippen LogP contribution is -2.45. The van der Waals surface area contributed by atoms with Crippen molar-refractivity contribution in [1.82, 2.24) is 0 Å². The number of allylic oxidation sites excluding steroid dienone is 3. The van der Waals surface area contributed by atoms with Crippen LogP contribution in [0.25, 0.3) is 0 Å². The number of fused-ring (bicyclic) bond motifs is 5. The van der Waals surface area contributed by atoms with Crippen LogP contribution in [0.15, 0.2) is 23.3 Å². The van der Waals surface area contributed by atoms with Crippen LogP contribution in [0.1, 0.15) is 65.7 Å². The average Bonchev–Trinajstić information content (AvgIpc) is 2.85. The Hall–Kier alpha value is -0.600. The molecule has 0 aromatic heterocycles. The fourth-order valence-electron chi connectivity index (χ4n) is 6.78. The van der Waals surface area contributed by atoms with Gasteiger partial charge in [-0.3, -0.25) is 0 Å². The second-order valence-corrected chi connectivity index (χ2v) is 9.20. The highest BCUT2D eigenvalue weighted by Crippen LogP contribution is 2.64. The summed E-state index contributed by atoms with van der Waals surface area (Å²) in [6, 6.07) is 0. The quantitative estimate of drug-likeness (QED) is 0.711. The van der Waals surface area contributed by atoms with Crippen LogP contribution in [0, 0.1) is 28.6 Å². The first-order valence-electron chi connectivity index (χ1n) is 9.62. The molecule has 0 radical (unpaired) electrons. The summed E-state index contributed by atoms with van der Waals surface area (Å²) in [7, 11) is 0. The van der Waals surface area contributed by atoms with Crippen molar-refractivity contribution in [2.24, 2.45) is 28.6 Å². The SMILES string of the molecule is CC(O)[C@@H]1CC[C@@H]2[C@@H]3CC=C4C[C@@H](O)CC[C@]4(C)C3=CC[C@@]21C. The van der Waals surface area contributed by atoms with Gasteiger partial charge in [0.1, 0.15) is 0 Å². The molecule has 2 N–H and O–H groups in total. The van der Waals surface area contributed by atoms with Crippen LogP contribution in [0.4, 0.5) is 0 Å². The van der Waals surface area contributed by atoms with Crippen molar-refractivity contribution >= 4 is 0 Å². The molecule has 1 unspecified atom stereocenters. The van der Waals surface area contributed by atoms with Crippen LogP contribution in [0.5, 0.6) is 0 Å². The molecular weight excluding hydrogens is 284 g/mol. The average molecular weight is 316 g/mol. The Morgan fingerprint density at radius 2 is 1.96 bits per heavy atom. The minimum Gasteiger partial charge on any atom is -0.393 e. The van der Waals surface area contributed by atoms with Crippen LogP contribution in [-0.4, -0.2) is 22.4 Å². The monoisotopic (exact) mass is 316 g/mol. The molecule has 2 nitrogen and oxygen atoms in total. The lowest BCUT2D eigenvalue weighted by molar-refractivity contribution is 0.0165. The van der Waals surface area contributed by atoms with Gasteiger partial charge in [0.25, 0.3) is 0 Å². The van der Waals surface area contributed by atoms with Crippen molar-refractivity contribution in [3.05, 3.63) is 23.3 Å². The predicted molar refractivity (Wildman–Crippen MR) is 92.9 cm³/mol. The molecule has 2 saturated carbocycles. The Morgan fingerprint density at radius 1 is 1.17 bits per heavy atom. The van der Waals surface area contributed by atoms with Gasteiger partial charge in [0, 0.05) is 5.41 Å². The molecule has 128 valence electrons. The summed E-state index contributed by atoms with van der Waals surface area (Å²) in [6.07, 6.45) is 12.3. The zero-order valence-corrected chi connectivity index (χ0v) is 14.9. The van der Waals surface area contributed by atoms with Crippen molar-refractivity contribution in [1.29, 1.82) is 0 Å². The number of aliphatic hydroxyl groups is 2. The molecule has 0 aliphatic heterocycles. The number of hydrogen-bond acceptors (Lipinski definition) is 2. The topological polar surface area (TPSA) is 40.5 Å². The Balaban J connectivity index is 1.70. The normalized spacial score (nSPS) is 50.3. The van der Waals surface area contributed by atoms with Crippen LogP contribution in [0.2, 0.25) is 0 Å². The van der Waals surface area contributed by atoms with E-state index in [1.165, 1.54) is 18.4 Å². The first-order chi connectivity index (χ1) is 10.9. The molecule has 2 heteroatoms. The third-order valence-corrected chi connectivity index (χ3v) is 8.11. The maximum absolute atomic E-state index is 10.3. The molecule has 0 bridgehead atoms. The summed E-state index contributed by atoms with van der Waals surface area (Å²) in [4.78, 5) is 0. The van der Waals surface area contributed by atoms with E-state index in [0.717, 1.165) is 38.0 Å². The molecule has 4 aliphatic rings. The summed E-state index contributed by atoms with van der Waals surface area (Å²) < 4.78 is 0. The molecule has 0 heterocycles. The fourth-order valence-corrected chi connectivity index (χ4v) is 6.78. The summed E-state index contributed by atoms with van der Waals surface area (Å²) in [5, 5.41) is 20.3. The van der Waals surface area contributed by atoms with Crippen molar-refractivity contribution in [2.45, 2.75) is 77.9 Å². The fraction of sp³-hybridized carbons (Fsp3) is 0.810. The van der Waals surface area contributed by atoms with Crippen LogP contribution < -0.4 is 0 Å². The molecular formula is C21H32O2. The number of hydrogen-bond donors (Lipinski definition) is 2. The van der Waals surface area contributed by atoms with E-state index >= 15 is 0 Å². The molecule has 23 heavy (non-hydrogen) atoms. The highest BCUT2D eigenvalue weighted by atomic mass is 16.3. The van der Waals surface area contributed by atoms with Crippen LogP contribution in [0.3, 0.4) is 0 Å². The van der Waals surface area contributed by atoms with E-state index in [1.54, 1.807) is 5.57 Å². The molecule has 0 aromatic rings. The summed E-state index contributed by atoms with van der Waals surface area (Å²) in [5.74, 6) is 1.85. The molecule has 0 amide bonds. The van der Waals surface area contributed by atoms with Gasteiger partial charge in [-0.1, -0.05) is 37.1 Å². The predicted octanol–water partition coefficient (Wildman–Crippen LogP) is 4.23. The third-order valence-electron chi connectivity index (χ3n) is 8.11. The Morgan fingerprint density at radius 3 is 2.70 bits per heavy atom. The highest BCUT2D eigenvalue weighted by Gasteiger charge is 2.56. The van der Waals surface area contributed by atoms with Crippen LogP contribution >= 0.6 is 0 Å². The molecule has 2 fully saturated rings. The van der Waals surface area contributed by atoms with E-state index in [0.29, 0.717) is 11.8 Å². The maximum Gasteiger partial charge on any atom is 0.0578 e. The van der Waals surface area contributed by atoms with Gasteiger partial charge in [0.05, 0.1) is 12.2 Å². The van der Waals surface area contributed by atoms with Gasteiger partial charge in [0.15, 0.2) is 0 Å². The zero-order valence-electron chi connectivity index (χ0n) is 14.9. The highest BCUT2D eigenvalue weighted by molar-refractivity contribution is 5.39. The van der Waals surface area contributed by atoms with Gasteiger partial charge in [-0.05, 0) is 75.0 Å². The zero-order chi connectivity index (χ0) is 16.4. The van der Waals surface area contributed by atoms with Crippen LogP contribution in [-0.2, 0) is 0 Å². The van der Waals surface area contributed by atoms with Gasteiger partial charge in [-0.15, -0.1) is 0 Å². The number of rotatable bonds is 1. The van der Waals surface area contributed by atoms with E-state index in [4.69, 9.17) is 0 Å². The first kappa shape index (κ1) is 15.9. The van der Waals surface area contributed by atoms with Gasteiger partial charge in [-0.25, -0.2) is 0 Å². The molecule has 0 aromatic carbocycles. The smallest absolute Gasteiger partial charge is 0.0578 e. The van der Waals surface area contributed by atoms with Crippen molar-refractivity contribution < 1.29 is 10.2 Å². The largest absolute Gasteiger partial charge is 0.393 e. The Labute approximate surface area is 140 Å². The van der Waals surface area contributed by atoms with E-state index in [-0.39, 0.29) is 23.0 Å². The molecule has 0 spiro atoms. The standard InChI is InChI=1S/C21H32O2/c1-13(22)17-6-7-18-16-5-4-14-12-15(23)8-10-20(14,2)19(16)9-11-21(17,18)3/h4,9,13,15-18,22-23H,5-8,10-12H2,1-3H3/t13?,15-,16-,17-,18+,20-,21+/m0/s1. The molecule has 7 atom stereocenters. The Bertz CT molecular complexity index is 560. The van der Waals surface area contributed by atoms with Gasteiger partial charge < -0.3 is 10.2 Å². The summed E-state index contributed by atoms with van der Waals surface area (Å²) in [6.45, 7) is 6.84. The van der Waals surface area contributed by atoms with Gasteiger partial charge in [0.2, 0.25) is 0 Å². The van der Waals surface area contributed by atoms with Crippen molar-refractivity contribution in [2.75, 3.05) is 0 Å².